The highest BCUT2D eigenvalue weighted by Crippen LogP contribution is 2.20. The molecule has 28 heavy (non-hydrogen) atoms. The van der Waals surface area contributed by atoms with Gasteiger partial charge in [0, 0.05) is 29.2 Å². The first-order valence-corrected chi connectivity index (χ1v) is 9.39. The quantitative estimate of drug-likeness (QED) is 0.609. The number of nitrogens with one attached hydrogen (secondary N) is 2. The minimum absolute atomic E-state index is 0.00765. The average Bonchev–Trinajstić information content (AvgIpc) is 2.68. The van der Waals surface area contributed by atoms with Crippen LogP contribution in [0.1, 0.15) is 17.5 Å². The number of anilines is 1. The molecule has 0 spiro atoms. The molecule has 2 amide bonds. The lowest BCUT2D eigenvalue weighted by atomic mass is 10.2. The lowest BCUT2D eigenvalue weighted by Crippen LogP contribution is -2.26. The lowest BCUT2D eigenvalue weighted by molar-refractivity contribution is -0.117. The Morgan fingerprint density at radius 3 is 2.68 bits per heavy atom. The van der Waals surface area contributed by atoms with Crippen LogP contribution in [0.3, 0.4) is 0 Å². The molecule has 7 heteroatoms. The van der Waals surface area contributed by atoms with E-state index < -0.39 is 0 Å². The predicted octanol–water partition coefficient (Wildman–Crippen LogP) is 3.82. The Morgan fingerprint density at radius 2 is 1.96 bits per heavy atom. The molecule has 2 aromatic carbocycles. The molecule has 0 atom stereocenters. The van der Waals surface area contributed by atoms with Crippen molar-refractivity contribution in [3.63, 3.8) is 0 Å². The molecule has 6 nitrogen and oxygen atoms in total. The lowest BCUT2D eigenvalue weighted by Gasteiger charge is -2.09. The third-order valence-corrected chi connectivity index (χ3v) is 4.23. The van der Waals surface area contributed by atoms with Crippen molar-refractivity contribution in [3.8, 4) is 11.8 Å². The predicted molar refractivity (Wildman–Crippen MR) is 112 cm³/mol. The van der Waals surface area contributed by atoms with E-state index >= 15 is 0 Å². The second-order valence-corrected chi connectivity index (χ2v) is 6.81. The van der Waals surface area contributed by atoms with Crippen LogP contribution in [0.2, 0.25) is 0 Å². The van der Waals surface area contributed by atoms with E-state index in [4.69, 9.17) is 10.00 Å². The summed E-state index contributed by atoms with van der Waals surface area (Å²) in [7, 11) is 0. The van der Waals surface area contributed by atoms with Crippen LogP contribution in [-0.2, 0) is 9.59 Å². The number of carbonyl (C=O) groups is 2. The Morgan fingerprint density at radius 1 is 1.21 bits per heavy atom. The number of nitriles is 1. The van der Waals surface area contributed by atoms with Gasteiger partial charge in [0.15, 0.2) is 6.61 Å². The summed E-state index contributed by atoms with van der Waals surface area (Å²) >= 11 is 3.37. The molecule has 0 heterocycles. The third-order valence-electron chi connectivity index (χ3n) is 3.74. The van der Waals surface area contributed by atoms with E-state index in [2.05, 4.69) is 26.6 Å². The zero-order valence-electron chi connectivity index (χ0n) is 15.4. The summed E-state index contributed by atoms with van der Waals surface area (Å²) in [6.45, 7) is 2.14. The number of hydrogen-bond acceptors (Lipinski definition) is 4. The number of carbonyl (C=O) groups excluding carboxylic acids is 2. The fourth-order valence-electron chi connectivity index (χ4n) is 2.26. The van der Waals surface area contributed by atoms with Crippen LogP contribution >= 0.6 is 15.9 Å². The maximum absolute atomic E-state index is 12.0. The van der Waals surface area contributed by atoms with E-state index in [-0.39, 0.29) is 31.4 Å². The number of aryl methyl sites for hydroxylation is 1. The SMILES string of the molecule is Cc1ccc(Br)cc1NC(=O)CCNC(=O)/C=C/c1ccc(OCC#N)cc1. The first kappa shape index (κ1) is 21.2. The second-order valence-electron chi connectivity index (χ2n) is 5.90. The van der Waals surface area contributed by atoms with Crippen molar-refractivity contribution in [1.82, 2.24) is 5.32 Å². The molecule has 0 saturated heterocycles. The smallest absolute Gasteiger partial charge is 0.244 e. The summed E-state index contributed by atoms with van der Waals surface area (Å²) < 4.78 is 6.05. The Balaban J connectivity index is 1.74. The van der Waals surface area contributed by atoms with Gasteiger partial charge < -0.3 is 15.4 Å². The molecule has 2 rings (SSSR count). The first-order valence-electron chi connectivity index (χ1n) is 8.59. The maximum Gasteiger partial charge on any atom is 0.244 e. The van der Waals surface area contributed by atoms with E-state index in [1.807, 2.05) is 31.2 Å². The molecule has 0 fully saturated rings. The van der Waals surface area contributed by atoms with Crippen LogP contribution in [0.15, 0.2) is 53.0 Å². The van der Waals surface area contributed by atoms with Gasteiger partial charge in [-0.05, 0) is 48.4 Å². The normalized spacial score (nSPS) is 10.3. The number of amides is 2. The molecule has 0 aliphatic carbocycles. The largest absolute Gasteiger partial charge is 0.479 e. The maximum atomic E-state index is 12.0. The van der Waals surface area contributed by atoms with E-state index in [1.54, 1.807) is 30.3 Å². The van der Waals surface area contributed by atoms with Gasteiger partial charge in [0.25, 0.3) is 0 Å². The summed E-state index contributed by atoms with van der Waals surface area (Å²) in [6.07, 6.45) is 3.24. The van der Waals surface area contributed by atoms with Gasteiger partial charge in [-0.15, -0.1) is 0 Å². The fourth-order valence-corrected chi connectivity index (χ4v) is 2.62. The summed E-state index contributed by atoms with van der Waals surface area (Å²) in [5, 5.41) is 14.0. The van der Waals surface area contributed by atoms with Gasteiger partial charge in [-0.3, -0.25) is 9.59 Å². The number of halogens is 1. The van der Waals surface area contributed by atoms with Crippen LogP contribution < -0.4 is 15.4 Å². The molecular formula is C21H20BrN3O3. The van der Waals surface area contributed by atoms with Crippen LogP contribution in [0.4, 0.5) is 5.69 Å². The zero-order chi connectivity index (χ0) is 20.4. The minimum Gasteiger partial charge on any atom is -0.479 e. The van der Waals surface area contributed by atoms with Crippen LogP contribution in [0.25, 0.3) is 6.08 Å². The summed E-state index contributed by atoms with van der Waals surface area (Å²) in [6, 6.07) is 14.6. The van der Waals surface area contributed by atoms with E-state index in [9.17, 15) is 9.59 Å². The monoisotopic (exact) mass is 441 g/mol. The number of nitrogens with zero attached hydrogens (tertiary/aromatic N) is 1. The van der Waals surface area contributed by atoms with Crippen molar-refractivity contribution in [2.75, 3.05) is 18.5 Å². The molecular weight excluding hydrogens is 422 g/mol. The van der Waals surface area contributed by atoms with E-state index in [1.165, 1.54) is 6.08 Å². The molecule has 0 bridgehead atoms. The highest BCUT2D eigenvalue weighted by Gasteiger charge is 2.06. The molecule has 144 valence electrons. The molecule has 2 N–H and O–H groups in total. The first-order chi connectivity index (χ1) is 13.5. The minimum atomic E-state index is -0.281. The Labute approximate surface area is 172 Å². The van der Waals surface area contributed by atoms with Crippen molar-refractivity contribution < 1.29 is 14.3 Å². The van der Waals surface area contributed by atoms with E-state index in [0.717, 1.165) is 21.3 Å². The zero-order valence-corrected chi connectivity index (χ0v) is 17.0. The van der Waals surface area contributed by atoms with Gasteiger partial charge in [0.2, 0.25) is 11.8 Å². The average molecular weight is 442 g/mol. The number of benzene rings is 2. The van der Waals surface area contributed by atoms with Gasteiger partial charge in [0.05, 0.1) is 0 Å². The van der Waals surface area contributed by atoms with E-state index in [0.29, 0.717) is 5.75 Å². The van der Waals surface area contributed by atoms with Crippen LogP contribution in [0.5, 0.6) is 5.75 Å². The van der Waals surface area contributed by atoms with Crippen LogP contribution in [0, 0.1) is 18.3 Å². The highest BCUT2D eigenvalue weighted by molar-refractivity contribution is 9.10. The van der Waals surface area contributed by atoms with Crippen LogP contribution in [-0.4, -0.2) is 25.0 Å². The molecule has 0 aliphatic heterocycles. The molecule has 0 aliphatic rings. The van der Waals surface area contributed by atoms with Gasteiger partial charge in [-0.1, -0.05) is 34.1 Å². The topological polar surface area (TPSA) is 91.2 Å². The molecule has 0 radical (unpaired) electrons. The van der Waals surface area contributed by atoms with Crippen molar-refractivity contribution >= 4 is 39.5 Å². The van der Waals surface area contributed by atoms with Crippen molar-refractivity contribution in [2.45, 2.75) is 13.3 Å². The highest BCUT2D eigenvalue weighted by atomic mass is 79.9. The van der Waals surface area contributed by atoms with Gasteiger partial charge in [-0.2, -0.15) is 5.26 Å². The second kappa shape index (κ2) is 10.9. The van der Waals surface area contributed by atoms with Crippen molar-refractivity contribution in [2.24, 2.45) is 0 Å². The third kappa shape index (κ3) is 7.25. The molecule has 0 unspecified atom stereocenters. The number of hydrogen-bond donors (Lipinski definition) is 2. The van der Waals surface area contributed by atoms with Gasteiger partial charge in [0.1, 0.15) is 11.8 Å². The summed E-state index contributed by atoms with van der Waals surface area (Å²) in [4.78, 5) is 23.9. The standard InChI is InChI=1S/C21H20BrN3O3/c1-15-2-6-17(22)14-19(15)25-21(27)10-12-24-20(26)9-5-16-3-7-18(8-4-16)28-13-11-23/h2-9,14H,10,12-13H2,1H3,(H,24,26)(H,25,27)/b9-5+. The number of rotatable bonds is 8. The van der Waals surface area contributed by atoms with Gasteiger partial charge >= 0.3 is 0 Å². The Bertz CT molecular complexity index is 902. The Hall–Kier alpha value is -3.11. The number of ether oxygens (including phenoxy) is 1. The van der Waals surface area contributed by atoms with Crippen molar-refractivity contribution in [1.29, 1.82) is 5.26 Å². The van der Waals surface area contributed by atoms with Gasteiger partial charge in [-0.25, -0.2) is 0 Å². The van der Waals surface area contributed by atoms with Crippen molar-refractivity contribution in [3.05, 3.63) is 64.1 Å². The summed E-state index contributed by atoms with van der Waals surface area (Å²) in [5.74, 6) is 0.143. The molecule has 0 aromatic heterocycles. The fraction of sp³-hybridized carbons (Fsp3) is 0.190. The molecule has 0 saturated carbocycles. The Kier molecular flexibility index (Phi) is 8.25. The summed E-state index contributed by atoms with van der Waals surface area (Å²) in [5.41, 5.74) is 2.53. The molecule has 2 aromatic rings.